The monoisotopic (exact) mass is 519 g/mol. The number of methoxy groups -OCH3 is 1. The van der Waals surface area contributed by atoms with Gasteiger partial charge in [-0.15, -0.1) is 0 Å². The van der Waals surface area contributed by atoms with Crippen LogP contribution >= 0.6 is 0 Å². The Morgan fingerprint density at radius 1 is 1.06 bits per heavy atom. The number of rotatable bonds is 14. The van der Waals surface area contributed by atoms with Crippen molar-refractivity contribution in [2.75, 3.05) is 37.4 Å². The number of hydrogen-bond acceptors (Lipinski definition) is 6. The van der Waals surface area contributed by atoms with E-state index >= 15 is 0 Å². The Morgan fingerprint density at radius 3 is 2.31 bits per heavy atom. The summed E-state index contributed by atoms with van der Waals surface area (Å²) < 4.78 is 37.2. The molecule has 0 aromatic heterocycles. The number of ether oxygens (including phenoxy) is 2. The number of nitrogens with zero attached hydrogens (tertiary/aromatic N) is 2. The highest BCUT2D eigenvalue weighted by Crippen LogP contribution is 2.30. The fourth-order valence-corrected chi connectivity index (χ4v) is 4.72. The number of carbonyl (C=O) groups excluding carboxylic acids is 2. The molecule has 1 N–H and O–H groups in total. The van der Waals surface area contributed by atoms with Crippen LogP contribution in [0.15, 0.2) is 48.5 Å². The first-order valence-corrected chi connectivity index (χ1v) is 13.9. The highest BCUT2D eigenvalue weighted by molar-refractivity contribution is 7.92. The molecule has 0 bridgehead atoms. The Labute approximate surface area is 214 Å². The molecule has 198 valence electrons. The number of para-hydroxylation sites is 2. The maximum Gasteiger partial charge on any atom is 0.242 e. The largest absolute Gasteiger partial charge is 0.497 e. The zero-order valence-corrected chi connectivity index (χ0v) is 22.5. The van der Waals surface area contributed by atoms with Crippen LogP contribution in [0, 0.1) is 0 Å². The van der Waals surface area contributed by atoms with Crippen LogP contribution in [-0.2, 0) is 26.2 Å². The van der Waals surface area contributed by atoms with Gasteiger partial charge in [-0.1, -0.05) is 24.3 Å². The van der Waals surface area contributed by atoms with E-state index < -0.39 is 16.1 Å². The molecule has 2 rings (SSSR count). The van der Waals surface area contributed by atoms with Crippen molar-refractivity contribution >= 4 is 27.5 Å². The van der Waals surface area contributed by atoms with Gasteiger partial charge < -0.3 is 19.7 Å². The van der Waals surface area contributed by atoms with Crippen molar-refractivity contribution in [3.8, 4) is 11.5 Å². The summed E-state index contributed by atoms with van der Waals surface area (Å²) in [5.41, 5.74) is 1.28. The molecular formula is C26H37N3O6S. The average molecular weight is 520 g/mol. The lowest BCUT2D eigenvalue weighted by Gasteiger charge is -2.29. The first-order valence-electron chi connectivity index (χ1n) is 12.0. The summed E-state index contributed by atoms with van der Waals surface area (Å²) in [5.74, 6) is 0.670. The minimum absolute atomic E-state index is 0.0721. The molecule has 0 fully saturated rings. The molecule has 0 saturated heterocycles. The molecule has 10 heteroatoms. The van der Waals surface area contributed by atoms with Gasteiger partial charge >= 0.3 is 0 Å². The van der Waals surface area contributed by atoms with E-state index in [0.717, 1.165) is 11.8 Å². The van der Waals surface area contributed by atoms with E-state index in [2.05, 4.69) is 5.32 Å². The Morgan fingerprint density at radius 2 is 1.72 bits per heavy atom. The summed E-state index contributed by atoms with van der Waals surface area (Å²) in [7, 11) is -2.04. The molecule has 0 spiro atoms. The van der Waals surface area contributed by atoms with Crippen LogP contribution < -0.4 is 19.1 Å². The van der Waals surface area contributed by atoms with Crippen LogP contribution in [0.5, 0.6) is 11.5 Å². The third kappa shape index (κ3) is 8.15. The fraction of sp³-hybridized carbons (Fsp3) is 0.462. The molecule has 0 aliphatic carbocycles. The highest BCUT2D eigenvalue weighted by atomic mass is 32.2. The van der Waals surface area contributed by atoms with Crippen LogP contribution in [0.1, 0.15) is 39.2 Å². The molecule has 2 aromatic rings. The molecular weight excluding hydrogens is 482 g/mol. The first kappa shape index (κ1) is 29.0. The Balaban J connectivity index is 2.19. The molecule has 1 atom stereocenters. The van der Waals surface area contributed by atoms with E-state index in [0.29, 0.717) is 30.3 Å². The minimum Gasteiger partial charge on any atom is -0.497 e. The van der Waals surface area contributed by atoms with Crippen molar-refractivity contribution in [3.63, 3.8) is 0 Å². The maximum absolute atomic E-state index is 13.3. The number of likely N-dealkylation sites (N-methyl/N-ethyl adjacent to an activating group) is 1. The molecule has 1 unspecified atom stereocenters. The van der Waals surface area contributed by atoms with Gasteiger partial charge in [0.1, 0.15) is 17.5 Å². The van der Waals surface area contributed by atoms with Gasteiger partial charge in [0.2, 0.25) is 21.8 Å². The van der Waals surface area contributed by atoms with Gasteiger partial charge in [0, 0.05) is 26.1 Å². The molecule has 0 heterocycles. The van der Waals surface area contributed by atoms with Gasteiger partial charge in [0.15, 0.2) is 0 Å². The maximum atomic E-state index is 13.3. The summed E-state index contributed by atoms with van der Waals surface area (Å²) in [6, 6.07) is 13.5. The summed E-state index contributed by atoms with van der Waals surface area (Å²) >= 11 is 0. The van der Waals surface area contributed by atoms with Crippen LogP contribution in [0.3, 0.4) is 0 Å². The van der Waals surface area contributed by atoms with Crippen LogP contribution in [-0.4, -0.2) is 64.2 Å². The number of hydrogen-bond donors (Lipinski definition) is 1. The van der Waals surface area contributed by atoms with E-state index in [1.165, 1.54) is 9.21 Å². The van der Waals surface area contributed by atoms with Crippen molar-refractivity contribution in [1.82, 2.24) is 10.2 Å². The van der Waals surface area contributed by atoms with Gasteiger partial charge in [0.25, 0.3) is 0 Å². The van der Waals surface area contributed by atoms with E-state index in [4.69, 9.17) is 9.47 Å². The summed E-state index contributed by atoms with van der Waals surface area (Å²) in [5, 5.41) is 2.76. The van der Waals surface area contributed by atoms with E-state index in [-0.39, 0.29) is 37.7 Å². The Kier molecular flexibility index (Phi) is 11.0. The summed E-state index contributed by atoms with van der Waals surface area (Å²) in [4.78, 5) is 27.4. The second-order valence-electron chi connectivity index (χ2n) is 8.28. The standard InChI is InChI=1S/C26H37N3O6S/c1-6-27-26(31)20(3)28(19-21-14-16-22(34-4)17-15-21)25(30)13-10-18-29(36(5,32)33)23-11-8-9-12-24(23)35-7-2/h8-9,11-12,14-17,20H,6-7,10,13,18-19H2,1-5H3,(H,27,31). The fourth-order valence-electron chi connectivity index (χ4n) is 3.76. The molecule has 2 amide bonds. The zero-order chi connectivity index (χ0) is 26.7. The van der Waals surface area contributed by atoms with Gasteiger partial charge in [0.05, 0.1) is 25.7 Å². The Hall–Kier alpha value is -3.27. The lowest BCUT2D eigenvalue weighted by atomic mass is 10.1. The van der Waals surface area contributed by atoms with Gasteiger partial charge in [-0.2, -0.15) is 0 Å². The first-order chi connectivity index (χ1) is 17.1. The topological polar surface area (TPSA) is 105 Å². The third-order valence-corrected chi connectivity index (χ3v) is 6.80. The van der Waals surface area contributed by atoms with Gasteiger partial charge in [-0.25, -0.2) is 8.42 Å². The predicted octanol–water partition coefficient (Wildman–Crippen LogP) is 3.19. The lowest BCUT2D eigenvalue weighted by molar-refractivity contribution is -0.140. The van der Waals surface area contributed by atoms with E-state index in [9.17, 15) is 18.0 Å². The number of nitrogens with one attached hydrogen (secondary N) is 1. The Bertz CT molecular complexity index is 1100. The smallest absolute Gasteiger partial charge is 0.242 e. The lowest BCUT2D eigenvalue weighted by Crippen LogP contribution is -2.47. The van der Waals surface area contributed by atoms with Crippen molar-refractivity contribution in [2.24, 2.45) is 0 Å². The SMILES string of the molecule is CCNC(=O)C(C)N(Cc1ccc(OC)cc1)C(=O)CCCN(c1ccccc1OCC)S(C)(=O)=O. The zero-order valence-electron chi connectivity index (χ0n) is 21.7. The number of benzene rings is 2. The van der Waals surface area contributed by atoms with E-state index in [1.807, 2.05) is 26.0 Å². The highest BCUT2D eigenvalue weighted by Gasteiger charge is 2.27. The molecule has 0 aliphatic rings. The molecule has 0 aliphatic heterocycles. The number of carbonyl (C=O) groups is 2. The molecule has 9 nitrogen and oxygen atoms in total. The number of amides is 2. The predicted molar refractivity (Wildman–Crippen MR) is 141 cm³/mol. The second-order valence-corrected chi connectivity index (χ2v) is 10.2. The van der Waals surface area contributed by atoms with Crippen molar-refractivity contribution in [2.45, 2.75) is 46.2 Å². The normalized spacial score (nSPS) is 11.9. The third-order valence-electron chi connectivity index (χ3n) is 5.62. The molecule has 36 heavy (non-hydrogen) atoms. The summed E-state index contributed by atoms with van der Waals surface area (Å²) in [6.07, 6.45) is 1.47. The van der Waals surface area contributed by atoms with E-state index in [1.54, 1.807) is 50.4 Å². The molecule has 2 aromatic carbocycles. The van der Waals surface area contributed by atoms with Crippen molar-refractivity contribution in [1.29, 1.82) is 0 Å². The van der Waals surface area contributed by atoms with Crippen LogP contribution in [0.2, 0.25) is 0 Å². The molecule has 0 saturated carbocycles. The van der Waals surface area contributed by atoms with Crippen LogP contribution in [0.25, 0.3) is 0 Å². The minimum atomic E-state index is -3.62. The summed E-state index contributed by atoms with van der Waals surface area (Å²) in [6.45, 7) is 6.52. The second kappa shape index (κ2) is 13.7. The van der Waals surface area contributed by atoms with Crippen molar-refractivity contribution < 1.29 is 27.5 Å². The van der Waals surface area contributed by atoms with Crippen LogP contribution in [0.4, 0.5) is 5.69 Å². The average Bonchev–Trinajstić information content (AvgIpc) is 2.85. The van der Waals surface area contributed by atoms with Crippen molar-refractivity contribution in [3.05, 3.63) is 54.1 Å². The number of sulfonamides is 1. The van der Waals surface area contributed by atoms with Gasteiger partial charge in [-0.3, -0.25) is 13.9 Å². The molecule has 0 radical (unpaired) electrons. The number of anilines is 1. The quantitative estimate of drug-likeness (QED) is 0.411. The van der Waals surface area contributed by atoms with Gasteiger partial charge in [-0.05, 0) is 57.0 Å².